The number of nitrogens with one attached hydrogen (secondary N) is 3. The molecule has 1 heterocycles. The molecule has 1 amide bonds. The van der Waals surface area contributed by atoms with E-state index in [9.17, 15) is 17.6 Å². The van der Waals surface area contributed by atoms with Crippen molar-refractivity contribution in [2.75, 3.05) is 22.1 Å². The van der Waals surface area contributed by atoms with Gasteiger partial charge >= 0.3 is 0 Å². The number of hydrogen-bond donors (Lipinski definition) is 3. The highest BCUT2D eigenvalue weighted by Gasteiger charge is 2.17. The van der Waals surface area contributed by atoms with Gasteiger partial charge in [-0.2, -0.15) is 0 Å². The highest BCUT2D eigenvalue weighted by Crippen LogP contribution is 2.34. The van der Waals surface area contributed by atoms with Crippen LogP contribution in [0.25, 0.3) is 0 Å². The summed E-state index contributed by atoms with van der Waals surface area (Å²) in [6.07, 6.45) is 0. The van der Waals surface area contributed by atoms with E-state index in [0.29, 0.717) is 28.6 Å². The van der Waals surface area contributed by atoms with Crippen LogP contribution in [0.1, 0.15) is 6.92 Å². The first kappa shape index (κ1) is 21.4. The van der Waals surface area contributed by atoms with Crippen molar-refractivity contribution in [1.29, 1.82) is 0 Å². The van der Waals surface area contributed by atoms with Gasteiger partial charge in [-0.15, -0.1) is 0 Å². The number of halogens is 1. The number of benzene rings is 3. The fraction of sp³-hybridized carbons (Fsp3) is 0.136. The molecule has 3 N–H and O–H groups in total. The molecule has 1 aliphatic rings. The van der Waals surface area contributed by atoms with Crippen molar-refractivity contribution >= 4 is 33.0 Å². The molecule has 0 saturated heterocycles. The van der Waals surface area contributed by atoms with Crippen molar-refractivity contribution in [3.63, 3.8) is 0 Å². The van der Waals surface area contributed by atoms with Crippen LogP contribution in [0.15, 0.2) is 71.6 Å². The Hall–Kier alpha value is -3.79. The van der Waals surface area contributed by atoms with Gasteiger partial charge in [0.25, 0.3) is 10.0 Å². The van der Waals surface area contributed by atoms with Crippen LogP contribution in [0.4, 0.5) is 21.5 Å². The third-order valence-electron chi connectivity index (χ3n) is 4.68. The molecule has 3 aromatic rings. The second-order valence-corrected chi connectivity index (χ2v) is 8.74. The molecule has 8 nitrogen and oxygen atoms in total. The molecular formula is C22H20FN3O5S. The molecule has 0 aromatic heterocycles. The predicted molar refractivity (Wildman–Crippen MR) is 118 cm³/mol. The first-order chi connectivity index (χ1) is 15.3. The SMILES string of the molecule is C[C@@H](Nc1ccc(NS(=O)(=O)c2ccc(F)cc2)cc1)C(=O)Nc1ccc2c(c1)OCO2. The van der Waals surface area contributed by atoms with Crippen LogP contribution in [-0.2, 0) is 14.8 Å². The molecule has 0 spiro atoms. The molecule has 0 saturated carbocycles. The molecule has 10 heteroatoms. The van der Waals surface area contributed by atoms with E-state index in [0.717, 1.165) is 12.1 Å². The van der Waals surface area contributed by atoms with E-state index in [4.69, 9.17) is 9.47 Å². The summed E-state index contributed by atoms with van der Waals surface area (Å²) in [6, 6.07) is 15.5. The van der Waals surface area contributed by atoms with Gasteiger partial charge in [-0.3, -0.25) is 9.52 Å². The van der Waals surface area contributed by atoms with Crippen LogP contribution in [0.2, 0.25) is 0 Å². The topological polar surface area (TPSA) is 106 Å². The molecular weight excluding hydrogens is 437 g/mol. The minimum Gasteiger partial charge on any atom is -0.454 e. The van der Waals surface area contributed by atoms with Gasteiger partial charge in [-0.1, -0.05) is 0 Å². The lowest BCUT2D eigenvalue weighted by Crippen LogP contribution is -2.31. The van der Waals surface area contributed by atoms with E-state index in [-0.39, 0.29) is 17.6 Å². The molecule has 1 aliphatic heterocycles. The largest absolute Gasteiger partial charge is 0.454 e. The summed E-state index contributed by atoms with van der Waals surface area (Å²) in [7, 11) is -3.84. The molecule has 0 aliphatic carbocycles. The Morgan fingerprint density at radius 3 is 2.25 bits per heavy atom. The summed E-state index contributed by atoms with van der Waals surface area (Å²) < 4.78 is 50.8. The minimum atomic E-state index is -3.84. The van der Waals surface area contributed by atoms with Crippen LogP contribution in [0.3, 0.4) is 0 Å². The molecule has 0 unspecified atom stereocenters. The summed E-state index contributed by atoms with van der Waals surface area (Å²) in [5, 5.41) is 5.86. The van der Waals surface area contributed by atoms with Crippen molar-refractivity contribution < 1.29 is 27.1 Å². The fourth-order valence-electron chi connectivity index (χ4n) is 3.00. The van der Waals surface area contributed by atoms with Crippen LogP contribution >= 0.6 is 0 Å². The van der Waals surface area contributed by atoms with E-state index in [2.05, 4.69) is 15.4 Å². The Bertz CT molecular complexity index is 1230. The second kappa shape index (κ2) is 8.75. The van der Waals surface area contributed by atoms with Gasteiger partial charge < -0.3 is 20.1 Å². The van der Waals surface area contributed by atoms with E-state index >= 15 is 0 Å². The highest BCUT2D eigenvalue weighted by molar-refractivity contribution is 7.92. The smallest absolute Gasteiger partial charge is 0.261 e. The molecule has 0 fully saturated rings. The first-order valence-electron chi connectivity index (χ1n) is 9.66. The zero-order valence-corrected chi connectivity index (χ0v) is 17.8. The Kier molecular flexibility index (Phi) is 5.87. The number of carbonyl (C=O) groups is 1. The van der Waals surface area contributed by atoms with Crippen LogP contribution < -0.4 is 24.8 Å². The summed E-state index contributed by atoms with van der Waals surface area (Å²) >= 11 is 0. The lowest BCUT2D eigenvalue weighted by molar-refractivity contribution is -0.116. The van der Waals surface area contributed by atoms with Crippen molar-refractivity contribution in [2.45, 2.75) is 17.9 Å². The maximum Gasteiger partial charge on any atom is 0.261 e. The van der Waals surface area contributed by atoms with Crippen LogP contribution in [0.5, 0.6) is 11.5 Å². The monoisotopic (exact) mass is 457 g/mol. The number of sulfonamides is 1. The molecule has 166 valence electrons. The molecule has 4 rings (SSSR count). The molecule has 3 aromatic carbocycles. The third-order valence-corrected chi connectivity index (χ3v) is 6.07. The molecule has 0 bridgehead atoms. The summed E-state index contributed by atoms with van der Waals surface area (Å²) in [6.45, 7) is 1.86. The number of rotatable bonds is 7. The van der Waals surface area contributed by atoms with Crippen molar-refractivity contribution in [2.24, 2.45) is 0 Å². The van der Waals surface area contributed by atoms with Gasteiger partial charge in [0.2, 0.25) is 12.7 Å². The number of ether oxygens (including phenoxy) is 2. The van der Waals surface area contributed by atoms with E-state index in [1.807, 2.05) is 0 Å². The van der Waals surface area contributed by atoms with Gasteiger partial charge in [-0.25, -0.2) is 12.8 Å². The lowest BCUT2D eigenvalue weighted by Gasteiger charge is -2.16. The Balaban J connectivity index is 1.35. The van der Waals surface area contributed by atoms with Gasteiger partial charge in [0, 0.05) is 23.1 Å². The van der Waals surface area contributed by atoms with Crippen LogP contribution in [0, 0.1) is 5.82 Å². The third kappa shape index (κ3) is 4.92. The van der Waals surface area contributed by atoms with Gasteiger partial charge in [0.15, 0.2) is 11.5 Å². The van der Waals surface area contributed by atoms with Gasteiger partial charge in [0.05, 0.1) is 4.90 Å². The van der Waals surface area contributed by atoms with E-state index < -0.39 is 21.9 Å². The number of carbonyl (C=O) groups excluding carboxylic acids is 1. The van der Waals surface area contributed by atoms with Gasteiger partial charge in [0.1, 0.15) is 11.9 Å². The predicted octanol–water partition coefficient (Wildman–Crippen LogP) is 3.79. The lowest BCUT2D eigenvalue weighted by atomic mass is 10.2. The normalized spacial score (nSPS) is 13.3. The Morgan fingerprint density at radius 2 is 1.53 bits per heavy atom. The molecule has 1 atom stereocenters. The zero-order valence-electron chi connectivity index (χ0n) is 17.0. The van der Waals surface area contributed by atoms with Crippen LogP contribution in [-0.4, -0.2) is 27.2 Å². The maximum absolute atomic E-state index is 13.0. The average Bonchev–Trinajstić information content (AvgIpc) is 3.23. The Morgan fingerprint density at radius 1 is 0.906 bits per heavy atom. The average molecular weight is 457 g/mol. The molecule has 32 heavy (non-hydrogen) atoms. The summed E-state index contributed by atoms with van der Waals surface area (Å²) in [4.78, 5) is 12.4. The number of anilines is 3. The number of fused-ring (bicyclic) bond motifs is 1. The molecule has 0 radical (unpaired) electrons. The van der Waals surface area contributed by atoms with E-state index in [1.165, 1.54) is 12.1 Å². The van der Waals surface area contributed by atoms with E-state index in [1.54, 1.807) is 49.4 Å². The quantitative estimate of drug-likeness (QED) is 0.499. The minimum absolute atomic E-state index is 0.0464. The summed E-state index contributed by atoms with van der Waals surface area (Å²) in [5.74, 6) is 0.424. The number of amides is 1. The number of hydrogen-bond acceptors (Lipinski definition) is 6. The Labute approximate surface area is 184 Å². The summed E-state index contributed by atoms with van der Waals surface area (Å²) in [5.41, 5.74) is 1.54. The highest BCUT2D eigenvalue weighted by atomic mass is 32.2. The maximum atomic E-state index is 13.0. The van der Waals surface area contributed by atoms with Gasteiger partial charge in [-0.05, 0) is 67.6 Å². The van der Waals surface area contributed by atoms with Crippen molar-refractivity contribution in [3.05, 3.63) is 72.5 Å². The fourth-order valence-corrected chi connectivity index (χ4v) is 4.06. The van der Waals surface area contributed by atoms with Crippen molar-refractivity contribution in [3.8, 4) is 11.5 Å². The van der Waals surface area contributed by atoms with Crippen molar-refractivity contribution in [1.82, 2.24) is 0 Å². The second-order valence-electron chi connectivity index (χ2n) is 7.06. The standard InChI is InChI=1S/C22H20FN3O5S/c1-14(22(27)25-18-8-11-20-21(12-18)31-13-30-20)24-16-4-6-17(7-5-16)26-32(28,29)19-9-2-15(23)3-10-19/h2-12,14,24,26H,13H2,1H3,(H,25,27)/t14-/m1/s1. The zero-order chi connectivity index (χ0) is 22.7. The first-order valence-corrected chi connectivity index (χ1v) is 11.1.